The first kappa shape index (κ1) is 14.0. The maximum absolute atomic E-state index is 11.3. The number of rotatable bonds is 4. The predicted octanol–water partition coefficient (Wildman–Crippen LogP) is 0.464. The van der Waals surface area contributed by atoms with Crippen molar-refractivity contribution in [1.29, 1.82) is 0 Å². The first-order valence-electron chi connectivity index (χ1n) is 6.59. The van der Waals surface area contributed by atoms with Gasteiger partial charge in [0.25, 0.3) is 0 Å². The molecule has 1 unspecified atom stereocenters. The Balaban J connectivity index is 1.80. The molecule has 2 rings (SSSR count). The number of nitrogens with zero attached hydrogens (tertiary/aromatic N) is 2. The largest absolute Gasteiger partial charge is 0.467 e. The molecule has 0 aliphatic carbocycles. The van der Waals surface area contributed by atoms with E-state index in [1.165, 1.54) is 7.11 Å². The molecule has 2 heterocycles. The minimum absolute atomic E-state index is 0.00428. The maximum Gasteiger partial charge on any atom is 0.334 e. The second kappa shape index (κ2) is 6.16. The summed E-state index contributed by atoms with van der Waals surface area (Å²) in [5.41, 5.74) is 2.09. The summed E-state index contributed by atoms with van der Waals surface area (Å²) in [6, 6.07) is 2.04. The molecule has 6 nitrogen and oxygen atoms in total. The van der Waals surface area contributed by atoms with Gasteiger partial charge in [-0.05, 0) is 44.8 Å². The van der Waals surface area contributed by atoms with Gasteiger partial charge in [0.2, 0.25) is 0 Å². The highest BCUT2D eigenvalue weighted by Gasteiger charge is 2.30. The summed E-state index contributed by atoms with van der Waals surface area (Å²) in [7, 11) is 1.31. The summed E-state index contributed by atoms with van der Waals surface area (Å²) in [6.45, 7) is 4.52. The Labute approximate surface area is 112 Å². The zero-order valence-corrected chi connectivity index (χ0v) is 11.4. The van der Waals surface area contributed by atoms with Crippen molar-refractivity contribution in [3.63, 3.8) is 0 Å². The minimum Gasteiger partial charge on any atom is -0.467 e. The molecule has 0 spiro atoms. The number of esters is 1. The molecule has 6 heteroatoms. The quantitative estimate of drug-likeness (QED) is 0.775. The fourth-order valence-electron chi connectivity index (χ4n) is 2.52. The number of H-pyrrole nitrogens is 1. The average Bonchev–Trinajstić information content (AvgIpc) is 2.83. The third-order valence-corrected chi connectivity index (χ3v) is 3.67. The number of hydrogen-bond acceptors (Lipinski definition) is 5. The third kappa shape index (κ3) is 3.54. The van der Waals surface area contributed by atoms with E-state index in [0.29, 0.717) is 0 Å². The van der Waals surface area contributed by atoms with Crippen molar-refractivity contribution in [2.45, 2.75) is 32.4 Å². The number of piperidine rings is 1. The Kier molecular flexibility index (Phi) is 4.55. The zero-order valence-electron chi connectivity index (χ0n) is 11.4. The SMILES string of the molecule is COC(=O)C(O)C1CCN(Cc2cc(C)[nH]n2)CC1. The Morgan fingerprint density at radius 1 is 1.63 bits per heavy atom. The molecule has 1 aliphatic rings. The zero-order chi connectivity index (χ0) is 13.8. The Morgan fingerprint density at radius 3 is 2.84 bits per heavy atom. The molecule has 1 aromatic heterocycles. The maximum atomic E-state index is 11.3. The summed E-state index contributed by atoms with van der Waals surface area (Å²) >= 11 is 0. The molecule has 1 fully saturated rings. The van der Waals surface area contributed by atoms with Crippen molar-refractivity contribution in [2.24, 2.45) is 5.92 Å². The van der Waals surface area contributed by atoms with E-state index in [9.17, 15) is 9.90 Å². The van der Waals surface area contributed by atoms with Crippen molar-refractivity contribution < 1.29 is 14.6 Å². The van der Waals surface area contributed by atoms with E-state index in [1.54, 1.807) is 0 Å². The number of ether oxygens (including phenoxy) is 1. The number of carbonyl (C=O) groups excluding carboxylic acids is 1. The standard InChI is InChI=1S/C13H21N3O3/c1-9-7-11(15-14-9)8-16-5-3-10(4-6-16)12(17)13(18)19-2/h7,10,12,17H,3-6,8H2,1-2H3,(H,14,15). The van der Waals surface area contributed by atoms with E-state index in [4.69, 9.17) is 0 Å². The van der Waals surface area contributed by atoms with E-state index in [-0.39, 0.29) is 5.92 Å². The highest BCUT2D eigenvalue weighted by Crippen LogP contribution is 2.22. The topological polar surface area (TPSA) is 78.5 Å². The van der Waals surface area contributed by atoms with Crippen LogP contribution in [0.1, 0.15) is 24.2 Å². The van der Waals surface area contributed by atoms with Gasteiger partial charge < -0.3 is 9.84 Å². The number of nitrogens with one attached hydrogen (secondary N) is 1. The van der Waals surface area contributed by atoms with E-state index in [0.717, 1.165) is 43.9 Å². The summed E-state index contributed by atoms with van der Waals surface area (Å²) in [4.78, 5) is 13.6. The number of aryl methyl sites for hydroxylation is 1. The molecule has 0 radical (unpaired) electrons. The number of methoxy groups -OCH3 is 1. The van der Waals surface area contributed by atoms with Gasteiger partial charge in [0.05, 0.1) is 12.8 Å². The molecule has 0 saturated carbocycles. The van der Waals surface area contributed by atoms with Gasteiger partial charge in [-0.2, -0.15) is 5.10 Å². The van der Waals surface area contributed by atoms with E-state index >= 15 is 0 Å². The lowest BCUT2D eigenvalue weighted by molar-refractivity contribution is -0.154. The first-order valence-corrected chi connectivity index (χ1v) is 6.59. The number of aromatic nitrogens is 2. The van der Waals surface area contributed by atoms with Gasteiger partial charge in [-0.3, -0.25) is 10.00 Å². The van der Waals surface area contributed by atoms with Gasteiger partial charge in [0.1, 0.15) is 0 Å². The van der Waals surface area contributed by atoms with Crippen LogP contribution in [0, 0.1) is 12.8 Å². The van der Waals surface area contributed by atoms with Gasteiger partial charge in [0.15, 0.2) is 6.10 Å². The molecule has 1 atom stereocenters. The summed E-state index contributed by atoms with van der Waals surface area (Å²) in [6.07, 6.45) is 0.624. The van der Waals surface area contributed by atoms with Gasteiger partial charge in [-0.1, -0.05) is 0 Å². The highest BCUT2D eigenvalue weighted by atomic mass is 16.5. The van der Waals surface area contributed by atoms with Gasteiger partial charge >= 0.3 is 5.97 Å². The summed E-state index contributed by atoms with van der Waals surface area (Å²) in [5, 5.41) is 17.0. The van der Waals surface area contributed by atoms with E-state index in [1.807, 2.05) is 13.0 Å². The van der Waals surface area contributed by atoms with Crippen LogP contribution in [0.2, 0.25) is 0 Å². The molecule has 0 amide bonds. The first-order chi connectivity index (χ1) is 9.10. The van der Waals surface area contributed by atoms with Gasteiger partial charge in [-0.25, -0.2) is 4.79 Å². The molecule has 1 aromatic rings. The smallest absolute Gasteiger partial charge is 0.334 e. The second-order valence-corrected chi connectivity index (χ2v) is 5.12. The lowest BCUT2D eigenvalue weighted by Gasteiger charge is -2.32. The van der Waals surface area contributed by atoms with Gasteiger partial charge in [0, 0.05) is 12.2 Å². The fraction of sp³-hybridized carbons (Fsp3) is 0.692. The summed E-state index contributed by atoms with van der Waals surface area (Å²) < 4.78 is 4.57. The molecule has 0 aromatic carbocycles. The number of likely N-dealkylation sites (tertiary alicyclic amines) is 1. The van der Waals surface area contributed by atoms with Crippen LogP contribution in [-0.2, 0) is 16.1 Å². The molecule has 106 valence electrons. The predicted molar refractivity (Wildman–Crippen MR) is 69.3 cm³/mol. The minimum atomic E-state index is -0.986. The molecular weight excluding hydrogens is 246 g/mol. The van der Waals surface area contributed by atoms with Crippen LogP contribution in [0.3, 0.4) is 0 Å². The molecule has 0 bridgehead atoms. The van der Waals surface area contributed by atoms with Crippen molar-refractivity contribution in [3.8, 4) is 0 Å². The van der Waals surface area contributed by atoms with Crippen molar-refractivity contribution >= 4 is 5.97 Å². The van der Waals surface area contributed by atoms with Crippen LogP contribution in [0.4, 0.5) is 0 Å². The number of aliphatic hydroxyl groups is 1. The molecule has 2 N–H and O–H groups in total. The molecule has 1 saturated heterocycles. The van der Waals surface area contributed by atoms with Crippen molar-refractivity contribution in [1.82, 2.24) is 15.1 Å². The molecular formula is C13H21N3O3. The fourth-order valence-corrected chi connectivity index (χ4v) is 2.52. The normalized spacial score (nSPS) is 19.3. The summed E-state index contributed by atoms with van der Waals surface area (Å²) in [5.74, 6) is -0.522. The average molecular weight is 267 g/mol. The third-order valence-electron chi connectivity index (χ3n) is 3.67. The number of carbonyl (C=O) groups is 1. The van der Waals surface area contributed by atoms with Crippen LogP contribution in [0.25, 0.3) is 0 Å². The van der Waals surface area contributed by atoms with E-state index in [2.05, 4.69) is 19.8 Å². The lowest BCUT2D eigenvalue weighted by atomic mass is 9.91. The van der Waals surface area contributed by atoms with Crippen LogP contribution in [0.15, 0.2) is 6.07 Å². The van der Waals surface area contributed by atoms with Crippen LogP contribution < -0.4 is 0 Å². The highest BCUT2D eigenvalue weighted by molar-refractivity contribution is 5.74. The van der Waals surface area contributed by atoms with Crippen molar-refractivity contribution in [3.05, 3.63) is 17.5 Å². The van der Waals surface area contributed by atoms with Crippen LogP contribution in [0.5, 0.6) is 0 Å². The van der Waals surface area contributed by atoms with Crippen LogP contribution >= 0.6 is 0 Å². The Morgan fingerprint density at radius 2 is 2.32 bits per heavy atom. The van der Waals surface area contributed by atoms with Crippen LogP contribution in [-0.4, -0.2) is 52.5 Å². The molecule has 19 heavy (non-hydrogen) atoms. The van der Waals surface area contributed by atoms with E-state index < -0.39 is 12.1 Å². The number of aliphatic hydroxyl groups excluding tert-OH is 1. The number of aromatic amines is 1. The second-order valence-electron chi connectivity index (χ2n) is 5.12. The lowest BCUT2D eigenvalue weighted by Crippen LogP contribution is -2.40. The Hall–Kier alpha value is -1.40. The van der Waals surface area contributed by atoms with Crippen molar-refractivity contribution in [2.75, 3.05) is 20.2 Å². The number of hydrogen-bond donors (Lipinski definition) is 2. The monoisotopic (exact) mass is 267 g/mol. The van der Waals surface area contributed by atoms with Gasteiger partial charge in [-0.15, -0.1) is 0 Å². The Bertz CT molecular complexity index is 425. The molecule has 1 aliphatic heterocycles.